The first kappa shape index (κ1) is 22.0. The lowest BCUT2D eigenvalue weighted by molar-refractivity contribution is 0.626. The van der Waals surface area contributed by atoms with Crippen LogP contribution < -0.4 is 0 Å². The van der Waals surface area contributed by atoms with Gasteiger partial charge in [0.25, 0.3) is 0 Å². The molecule has 0 atom stereocenters. The van der Waals surface area contributed by atoms with Gasteiger partial charge in [0.1, 0.15) is 0 Å². The molecular formula is C32H32N2. The molecule has 3 aromatic carbocycles. The number of benzene rings is 3. The van der Waals surface area contributed by atoms with Gasteiger partial charge in [-0.15, -0.1) is 0 Å². The van der Waals surface area contributed by atoms with E-state index >= 15 is 0 Å². The van der Waals surface area contributed by atoms with E-state index in [4.69, 9.17) is 0 Å². The van der Waals surface area contributed by atoms with Gasteiger partial charge >= 0.3 is 0 Å². The molecule has 5 rings (SSSR count). The van der Waals surface area contributed by atoms with Crippen LogP contribution in [0.1, 0.15) is 49.9 Å². The van der Waals surface area contributed by atoms with Gasteiger partial charge < -0.3 is 9.97 Å². The molecule has 0 aliphatic rings. The molecule has 2 nitrogen and oxygen atoms in total. The van der Waals surface area contributed by atoms with Crippen LogP contribution in [-0.2, 0) is 10.8 Å². The van der Waals surface area contributed by atoms with Gasteiger partial charge in [0.15, 0.2) is 0 Å². The van der Waals surface area contributed by atoms with E-state index in [1.165, 1.54) is 33.4 Å². The summed E-state index contributed by atoms with van der Waals surface area (Å²) < 4.78 is 0. The molecule has 0 fully saturated rings. The smallest absolute Gasteiger partial charge is 0.0453 e. The Hall–Kier alpha value is -3.78. The number of aromatic amines is 2. The molecule has 5 aromatic rings. The zero-order valence-electron chi connectivity index (χ0n) is 20.4. The van der Waals surface area contributed by atoms with Crippen molar-refractivity contribution in [3.63, 3.8) is 0 Å². The number of hydrogen-bond donors (Lipinski definition) is 2. The molecule has 0 saturated carbocycles. The predicted octanol–water partition coefficient (Wildman–Crippen LogP) is 8.33. The fraction of sp³-hybridized carbons (Fsp3) is 0.188. The maximum Gasteiger partial charge on any atom is 0.0453 e. The van der Waals surface area contributed by atoms with Gasteiger partial charge in [-0.2, -0.15) is 0 Å². The molecule has 0 aliphatic heterocycles. The quantitative estimate of drug-likeness (QED) is 0.264. The summed E-state index contributed by atoms with van der Waals surface area (Å²) in [5, 5.41) is 0. The Labute approximate surface area is 202 Å². The highest BCUT2D eigenvalue weighted by Gasteiger charge is 2.26. The minimum atomic E-state index is -0.0748. The molecule has 0 radical (unpaired) electrons. The Kier molecular flexibility index (Phi) is 5.53. The minimum absolute atomic E-state index is 0.0748. The van der Waals surface area contributed by atoms with Crippen LogP contribution in [-0.4, -0.2) is 9.97 Å². The minimum Gasteiger partial charge on any atom is -0.361 e. The molecule has 0 saturated heterocycles. The first-order chi connectivity index (χ1) is 16.4. The molecule has 34 heavy (non-hydrogen) atoms. The highest BCUT2D eigenvalue weighted by Crippen LogP contribution is 2.36. The molecule has 0 bridgehead atoms. The van der Waals surface area contributed by atoms with Crippen molar-refractivity contribution < 1.29 is 0 Å². The van der Waals surface area contributed by atoms with E-state index in [1.54, 1.807) is 0 Å². The van der Waals surface area contributed by atoms with Gasteiger partial charge in [-0.3, -0.25) is 0 Å². The largest absolute Gasteiger partial charge is 0.361 e. The lowest BCUT2D eigenvalue weighted by Crippen LogP contribution is -2.21. The van der Waals surface area contributed by atoms with Crippen LogP contribution in [0.3, 0.4) is 0 Å². The van der Waals surface area contributed by atoms with Crippen LogP contribution in [0.5, 0.6) is 0 Å². The third-order valence-corrected chi connectivity index (χ3v) is 7.36. The summed E-state index contributed by atoms with van der Waals surface area (Å²) in [5.41, 5.74) is 9.85. The lowest BCUT2D eigenvalue weighted by atomic mass is 9.74. The summed E-state index contributed by atoms with van der Waals surface area (Å²) in [6.07, 6.45) is 3.93. The summed E-state index contributed by atoms with van der Waals surface area (Å²) in [6, 6.07) is 35.3. The summed E-state index contributed by atoms with van der Waals surface area (Å²) in [4.78, 5) is 6.57. The molecule has 2 N–H and O–H groups in total. The van der Waals surface area contributed by atoms with Gasteiger partial charge in [0.05, 0.1) is 0 Å². The second-order valence-electron chi connectivity index (χ2n) is 10.1. The summed E-state index contributed by atoms with van der Waals surface area (Å²) in [5.74, 6) is 0. The fourth-order valence-electron chi connectivity index (χ4n) is 4.79. The summed E-state index contributed by atoms with van der Waals surface area (Å²) in [6.45, 7) is 9.21. The van der Waals surface area contributed by atoms with Crippen molar-refractivity contribution >= 4 is 0 Å². The monoisotopic (exact) mass is 444 g/mol. The van der Waals surface area contributed by atoms with Crippen LogP contribution in [0.2, 0.25) is 0 Å². The molecule has 170 valence electrons. The average molecular weight is 445 g/mol. The number of rotatable bonds is 6. The van der Waals surface area contributed by atoms with Crippen molar-refractivity contribution in [1.29, 1.82) is 0 Å². The van der Waals surface area contributed by atoms with Crippen molar-refractivity contribution in [2.75, 3.05) is 0 Å². The van der Waals surface area contributed by atoms with E-state index < -0.39 is 0 Å². The lowest BCUT2D eigenvalue weighted by Gasteiger charge is -2.29. The van der Waals surface area contributed by atoms with E-state index in [-0.39, 0.29) is 10.8 Å². The number of aromatic nitrogens is 2. The van der Waals surface area contributed by atoms with Crippen molar-refractivity contribution in [2.24, 2.45) is 0 Å². The van der Waals surface area contributed by atoms with Crippen molar-refractivity contribution in [3.05, 3.63) is 132 Å². The molecule has 2 heterocycles. The van der Waals surface area contributed by atoms with E-state index in [1.807, 2.05) is 24.5 Å². The Balaban J connectivity index is 1.38. The number of H-pyrrole nitrogens is 2. The number of hydrogen-bond acceptors (Lipinski definition) is 0. The highest BCUT2D eigenvalue weighted by molar-refractivity contribution is 5.61. The van der Waals surface area contributed by atoms with Crippen molar-refractivity contribution in [1.82, 2.24) is 9.97 Å². The van der Waals surface area contributed by atoms with E-state index in [0.29, 0.717) is 0 Å². The zero-order valence-corrected chi connectivity index (χ0v) is 20.4. The molecule has 0 amide bonds. The zero-order chi connectivity index (χ0) is 23.8. The van der Waals surface area contributed by atoms with Crippen LogP contribution >= 0.6 is 0 Å². The molecule has 0 unspecified atom stereocenters. The van der Waals surface area contributed by atoms with Crippen molar-refractivity contribution in [3.8, 4) is 22.5 Å². The average Bonchev–Trinajstić information content (AvgIpc) is 3.59. The normalized spacial score (nSPS) is 12.1. The van der Waals surface area contributed by atoms with Gasteiger partial charge in [0.2, 0.25) is 0 Å². The van der Waals surface area contributed by atoms with Gasteiger partial charge in [0, 0.05) is 34.6 Å². The predicted molar refractivity (Wildman–Crippen MR) is 143 cm³/mol. The summed E-state index contributed by atoms with van der Waals surface area (Å²) in [7, 11) is 0. The van der Waals surface area contributed by atoms with Gasteiger partial charge in [-0.05, 0) is 57.6 Å². The first-order valence-corrected chi connectivity index (χ1v) is 12.0. The molecular weight excluding hydrogens is 412 g/mol. The Morgan fingerprint density at radius 3 is 0.971 bits per heavy atom. The van der Waals surface area contributed by atoms with Crippen molar-refractivity contribution in [2.45, 2.75) is 38.5 Å². The Morgan fingerprint density at radius 2 is 0.706 bits per heavy atom. The Bertz CT molecular complexity index is 1230. The maximum atomic E-state index is 3.29. The second kappa shape index (κ2) is 8.53. The standard InChI is InChI=1S/C32H32N2/c1-31(2,25-13-9-23(10-14-25)29-7-5-21-33-29)27-17-19-28(20-18-27)32(3,4)26-15-11-24(12-16-26)30-8-6-22-34-30/h5-22,33-34H,1-4H3. The van der Waals surface area contributed by atoms with Crippen LogP contribution in [0.4, 0.5) is 0 Å². The first-order valence-electron chi connectivity index (χ1n) is 12.0. The SMILES string of the molecule is CC(C)(c1ccc(-c2ccc[nH]2)cc1)c1ccc(C(C)(C)c2ccc(-c3ccc[nH]3)cc2)cc1. The number of nitrogens with one attached hydrogen (secondary N) is 2. The van der Waals surface area contributed by atoms with Gasteiger partial charge in [-0.25, -0.2) is 0 Å². The van der Waals surface area contributed by atoms with E-state index in [0.717, 1.165) is 11.4 Å². The van der Waals surface area contributed by atoms with E-state index in [2.05, 4.69) is 123 Å². The summed E-state index contributed by atoms with van der Waals surface area (Å²) >= 11 is 0. The van der Waals surface area contributed by atoms with Crippen LogP contribution in [0.15, 0.2) is 109 Å². The third kappa shape index (κ3) is 4.01. The Morgan fingerprint density at radius 1 is 0.412 bits per heavy atom. The topological polar surface area (TPSA) is 31.6 Å². The second-order valence-corrected chi connectivity index (χ2v) is 10.1. The molecule has 2 aromatic heterocycles. The van der Waals surface area contributed by atoms with Gasteiger partial charge in [-0.1, -0.05) is 100 Å². The highest BCUT2D eigenvalue weighted by atomic mass is 14.7. The third-order valence-electron chi connectivity index (χ3n) is 7.36. The fourth-order valence-corrected chi connectivity index (χ4v) is 4.79. The molecule has 0 aliphatic carbocycles. The maximum absolute atomic E-state index is 3.29. The van der Waals surface area contributed by atoms with E-state index in [9.17, 15) is 0 Å². The molecule has 0 spiro atoms. The molecule has 2 heteroatoms. The van der Waals surface area contributed by atoms with Crippen LogP contribution in [0.25, 0.3) is 22.5 Å². The van der Waals surface area contributed by atoms with Crippen LogP contribution in [0, 0.1) is 0 Å².